The molecule has 18 heavy (non-hydrogen) atoms. The third-order valence-electron chi connectivity index (χ3n) is 2.26. The number of anilines is 1. The largest absolute Gasteiger partial charge is 0.545 e. The molecule has 1 aromatic carbocycles. The molecule has 5 nitrogen and oxygen atoms in total. The zero-order chi connectivity index (χ0) is 13.5. The van der Waals surface area contributed by atoms with Crippen LogP contribution in [0.25, 0.3) is 0 Å². The van der Waals surface area contributed by atoms with E-state index in [-0.39, 0.29) is 16.6 Å². The van der Waals surface area contributed by atoms with Crippen LogP contribution >= 0.6 is 11.6 Å². The average molecular weight is 270 g/mol. The molecule has 0 unspecified atom stereocenters. The molecule has 0 aliphatic rings. The molecule has 0 fully saturated rings. The smallest absolute Gasteiger partial charge is 0.319 e. The average Bonchev–Trinajstić information content (AvgIpc) is 2.31. The number of unbranched alkanes of at least 4 members (excludes halogenated alkanes) is 1. The quantitative estimate of drug-likeness (QED) is 0.797. The molecule has 0 spiro atoms. The zero-order valence-corrected chi connectivity index (χ0v) is 10.7. The van der Waals surface area contributed by atoms with Gasteiger partial charge in [0.1, 0.15) is 0 Å². The van der Waals surface area contributed by atoms with Crippen molar-refractivity contribution in [3.63, 3.8) is 0 Å². The molecule has 98 valence electrons. The Morgan fingerprint density at radius 2 is 2.11 bits per heavy atom. The molecule has 0 aromatic heterocycles. The Morgan fingerprint density at radius 3 is 2.72 bits per heavy atom. The van der Waals surface area contributed by atoms with E-state index in [1.807, 2.05) is 6.92 Å². The second kappa shape index (κ2) is 6.86. The van der Waals surface area contributed by atoms with Crippen molar-refractivity contribution in [2.24, 2.45) is 0 Å². The van der Waals surface area contributed by atoms with Crippen LogP contribution in [0.3, 0.4) is 0 Å². The van der Waals surface area contributed by atoms with E-state index in [0.29, 0.717) is 12.2 Å². The van der Waals surface area contributed by atoms with Crippen LogP contribution in [-0.4, -0.2) is 18.5 Å². The van der Waals surface area contributed by atoms with Crippen LogP contribution in [-0.2, 0) is 0 Å². The van der Waals surface area contributed by atoms with E-state index in [0.717, 1.165) is 12.8 Å². The minimum Gasteiger partial charge on any atom is -0.545 e. The highest BCUT2D eigenvalue weighted by atomic mass is 35.5. The van der Waals surface area contributed by atoms with Crippen LogP contribution < -0.4 is 15.7 Å². The number of nitrogens with one attached hydrogen (secondary N) is 2. The Bertz CT molecular complexity index is 449. The van der Waals surface area contributed by atoms with Gasteiger partial charge in [0, 0.05) is 22.8 Å². The number of urea groups is 1. The van der Waals surface area contributed by atoms with Crippen molar-refractivity contribution in [2.75, 3.05) is 11.9 Å². The number of benzene rings is 1. The lowest BCUT2D eigenvalue weighted by Gasteiger charge is -2.10. The summed E-state index contributed by atoms with van der Waals surface area (Å²) in [6, 6.07) is 3.80. The van der Waals surface area contributed by atoms with Gasteiger partial charge in [0.15, 0.2) is 0 Å². The molecule has 0 atom stereocenters. The number of amides is 2. The highest BCUT2D eigenvalue weighted by Gasteiger charge is 2.05. The number of rotatable bonds is 5. The van der Waals surface area contributed by atoms with Crippen molar-refractivity contribution in [1.82, 2.24) is 5.32 Å². The molecule has 0 saturated heterocycles. The van der Waals surface area contributed by atoms with Gasteiger partial charge >= 0.3 is 6.03 Å². The van der Waals surface area contributed by atoms with Crippen molar-refractivity contribution in [3.8, 4) is 0 Å². The molecule has 0 heterocycles. The molecule has 0 radical (unpaired) electrons. The maximum atomic E-state index is 11.4. The second-order valence-corrected chi connectivity index (χ2v) is 4.12. The summed E-state index contributed by atoms with van der Waals surface area (Å²) in [7, 11) is 0. The molecule has 1 rings (SSSR count). The third kappa shape index (κ3) is 4.25. The van der Waals surface area contributed by atoms with Crippen molar-refractivity contribution in [3.05, 3.63) is 28.8 Å². The summed E-state index contributed by atoms with van der Waals surface area (Å²) < 4.78 is 0. The lowest BCUT2D eigenvalue weighted by Crippen LogP contribution is -2.29. The fraction of sp³-hybridized carbons (Fsp3) is 0.333. The van der Waals surface area contributed by atoms with Gasteiger partial charge < -0.3 is 20.5 Å². The maximum absolute atomic E-state index is 11.4. The lowest BCUT2D eigenvalue weighted by atomic mass is 10.2. The number of aromatic carboxylic acids is 1. The summed E-state index contributed by atoms with van der Waals surface area (Å²) in [5.74, 6) is -1.38. The van der Waals surface area contributed by atoms with Crippen molar-refractivity contribution in [2.45, 2.75) is 19.8 Å². The summed E-state index contributed by atoms with van der Waals surface area (Å²) in [4.78, 5) is 22.2. The molecule has 6 heteroatoms. The van der Waals surface area contributed by atoms with Gasteiger partial charge in [0.2, 0.25) is 0 Å². The van der Waals surface area contributed by atoms with E-state index in [9.17, 15) is 14.7 Å². The summed E-state index contributed by atoms with van der Waals surface area (Å²) in [5.41, 5.74) is 0.204. The molecule has 0 aliphatic carbocycles. The molecular formula is C12H14ClN2O3-. The Labute approximate surface area is 110 Å². The van der Waals surface area contributed by atoms with Gasteiger partial charge in [0.05, 0.1) is 5.97 Å². The second-order valence-electron chi connectivity index (χ2n) is 3.72. The van der Waals surface area contributed by atoms with Crippen LogP contribution in [0.4, 0.5) is 10.5 Å². The summed E-state index contributed by atoms with van der Waals surface area (Å²) in [6.07, 6.45) is 1.87. The molecule has 0 aliphatic heterocycles. The molecule has 2 amide bonds. The Balaban J connectivity index is 2.65. The number of hydrogen-bond donors (Lipinski definition) is 2. The van der Waals surface area contributed by atoms with Crippen LogP contribution in [0.1, 0.15) is 30.1 Å². The van der Waals surface area contributed by atoms with Gasteiger partial charge in [-0.25, -0.2) is 4.79 Å². The monoisotopic (exact) mass is 269 g/mol. The maximum Gasteiger partial charge on any atom is 0.319 e. The van der Waals surface area contributed by atoms with Crippen LogP contribution in [0.15, 0.2) is 18.2 Å². The van der Waals surface area contributed by atoms with Gasteiger partial charge in [-0.2, -0.15) is 0 Å². The van der Waals surface area contributed by atoms with Crippen molar-refractivity contribution in [1.29, 1.82) is 0 Å². The van der Waals surface area contributed by atoms with E-state index in [4.69, 9.17) is 11.6 Å². The summed E-state index contributed by atoms with van der Waals surface area (Å²) >= 11 is 5.68. The van der Waals surface area contributed by atoms with Crippen molar-refractivity contribution < 1.29 is 14.7 Å². The zero-order valence-electron chi connectivity index (χ0n) is 9.96. The van der Waals surface area contributed by atoms with Crippen LogP contribution in [0, 0.1) is 0 Å². The predicted molar refractivity (Wildman–Crippen MR) is 67.7 cm³/mol. The highest BCUT2D eigenvalue weighted by molar-refractivity contribution is 6.33. The number of carbonyl (C=O) groups is 2. The van der Waals surface area contributed by atoms with Gasteiger partial charge in [-0.05, 0) is 24.6 Å². The lowest BCUT2D eigenvalue weighted by molar-refractivity contribution is -0.255. The highest BCUT2D eigenvalue weighted by Crippen LogP contribution is 2.19. The summed E-state index contributed by atoms with van der Waals surface area (Å²) in [5, 5.41) is 16.0. The number of carboxylic acid groups (broad SMARTS) is 1. The fourth-order valence-corrected chi connectivity index (χ4v) is 1.51. The van der Waals surface area contributed by atoms with Crippen LogP contribution in [0.5, 0.6) is 0 Å². The van der Waals surface area contributed by atoms with E-state index >= 15 is 0 Å². The van der Waals surface area contributed by atoms with Gasteiger partial charge in [-0.3, -0.25) is 0 Å². The topological polar surface area (TPSA) is 81.3 Å². The Kier molecular flexibility index (Phi) is 5.45. The van der Waals surface area contributed by atoms with Gasteiger partial charge in [0.25, 0.3) is 0 Å². The van der Waals surface area contributed by atoms with E-state index < -0.39 is 5.97 Å². The Hall–Kier alpha value is -1.75. The number of hydrogen-bond acceptors (Lipinski definition) is 3. The first-order chi connectivity index (χ1) is 8.54. The molecule has 2 N–H and O–H groups in total. The standard InChI is InChI=1S/C12H15ClN2O3/c1-2-3-6-14-12(18)15-8-4-5-10(13)9(7-8)11(16)17/h4-5,7H,2-3,6H2,1H3,(H,16,17)(H2,14,15,18)/p-1. The first-order valence-corrected chi connectivity index (χ1v) is 5.98. The number of halogens is 1. The molecule has 1 aromatic rings. The fourth-order valence-electron chi connectivity index (χ4n) is 1.31. The SMILES string of the molecule is CCCCNC(=O)Nc1ccc(Cl)c(C(=O)[O-])c1. The minimum absolute atomic E-state index is 0.0759. The number of carbonyl (C=O) groups excluding carboxylic acids is 2. The summed E-state index contributed by atoms with van der Waals surface area (Å²) in [6.45, 7) is 2.59. The first kappa shape index (κ1) is 14.3. The van der Waals surface area contributed by atoms with E-state index in [2.05, 4.69) is 10.6 Å². The third-order valence-corrected chi connectivity index (χ3v) is 2.59. The van der Waals surface area contributed by atoms with Crippen molar-refractivity contribution >= 4 is 29.3 Å². The first-order valence-electron chi connectivity index (χ1n) is 5.60. The van der Waals surface area contributed by atoms with Crippen LogP contribution in [0.2, 0.25) is 5.02 Å². The Morgan fingerprint density at radius 1 is 1.39 bits per heavy atom. The molecular weight excluding hydrogens is 256 g/mol. The minimum atomic E-state index is -1.38. The number of carboxylic acids is 1. The normalized spacial score (nSPS) is 9.89. The molecule has 0 bridgehead atoms. The van der Waals surface area contributed by atoms with Gasteiger partial charge in [-0.1, -0.05) is 24.9 Å². The van der Waals surface area contributed by atoms with Gasteiger partial charge in [-0.15, -0.1) is 0 Å². The molecule has 0 saturated carbocycles. The van der Waals surface area contributed by atoms with E-state index in [1.54, 1.807) is 0 Å². The predicted octanol–water partition coefficient (Wildman–Crippen LogP) is 1.63. The van der Waals surface area contributed by atoms with E-state index in [1.165, 1.54) is 18.2 Å².